The van der Waals surface area contributed by atoms with Crippen molar-refractivity contribution in [2.24, 2.45) is 5.73 Å². The Labute approximate surface area is 105 Å². The van der Waals surface area contributed by atoms with Gasteiger partial charge in [0.05, 0.1) is 23.0 Å². The summed E-state index contributed by atoms with van der Waals surface area (Å²) in [6, 6.07) is 3.30. The molecule has 4 N–H and O–H groups in total. The van der Waals surface area contributed by atoms with Gasteiger partial charge in [0.15, 0.2) is 0 Å². The van der Waals surface area contributed by atoms with Crippen LogP contribution in [0.1, 0.15) is 15.9 Å². The Morgan fingerprint density at radius 1 is 1.32 bits per heavy atom. The number of benzene rings is 1. The standard InChI is InChI=1S/C11H9F3N4O/c12-11(13,14)8-3-7(15)1-2-9(8)18-5-6(4-17-18)10(16)19/h1-5H,15H2,(H2,16,19). The minimum atomic E-state index is -4.58. The lowest BCUT2D eigenvalue weighted by Gasteiger charge is -2.13. The average molecular weight is 270 g/mol. The summed E-state index contributed by atoms with van der Waals surface area (Å²) in [6.45, 7) is 0. The maximum atomic E-state index is 12.9. The van der Waals surface area contributed by atoms with Crippen LogP contribution in [-0.2, 0) is 6.18 Å². The molecule has 0 atom stereocenters. The highest BCUT2D eigenvalue weighted by molar-refractivity contribution is 5.92. The Morgan fingerprint density at radius 3 is 2.53 bits per heavy atom. The minimum Gasteiger partial charge on any atom is -0.399 e. The zero-order valence-corrected chi connectivity index (χ0v) is 9.48. The second-order valence-corrected chi connectivity index (χ2v) is 3.81. The number of nitrogen functional groups attached to an aromatic ring is 1. The first kappa shape index (κ1) is 12.9. The van der Waals surface area contributed by atoms with Crippen LogP contribution in [0, 0.1) is 0 Å². The van der Waals surface area contributed by atoms with E-state index in [1.54, 1.807) is 0 Å². The molecule has 0 aliphatic rings. The molecule has 1 amide bonds. The van der Waals surface area contributed by atoms with Gasteiger partial charge in [0.1, 0.15) is 0 Å². The maximum Gasteiger partial charge on any atom is 0.418 e. The highest BCUT2D eigenvalue weighted by atomic mass is 19.4. The molecule has 8 heteroatoms. The maximum absolute atomic E-state index is 12.9. The molecule has 0 aliphatic heterocycles. The van der Waals surface area contributed by atoms with E-state index in [4.69, 9.17) is 11.5 Å². The molecule has 0 saturated carbocycles. The third-order valence-electron chi connectivity index (χ3n) is 2.44. The van der Waals surface area contributed by atoms with Crippen molar-refractivity contribution < 1.29 is 18.0 Å². The minimum absolute atomic E-state index is 0.0154. The quantitative estimate of drug-likeness (QED) is 0.812. The molecule has 2 aromatic rings. The van der Waals surface area contributed by atoms with Crippen LogP contribution >= 0.6 is 0 Å². The Kier molecular flexibility index (Phi) is 2.93. The lowest BCUT2D eigenvalue weighted by molar-refractivity contribution is -0.137. The molecule has 1 aromatic carbocycles. The number of nitrogens with two attached hydrogens (primary N) is 2. The number of carbonyl (C=O) groups excluding carboxylic acids is 1. The number of carbonyl (C=O) groups is 1. The highest BCUT2D eigenvalue weighted by Gasteiger charge is 2.34. The van der Waals surface area contributed by atoms with E-state index in [0.29, 0.717) is 0 Å². The van der Waals surface area contributed by atoms with Crippen molar-refractivity contribution >= 4 is 11.6 Å². The van der Waals surface area contributed by atoms with Gasteiger partial charge in [0.25, 0.3) is 5.91 Å². The Bertz CT molecular complexity index is 633. The first-order valence-electron chi connectivity index (χ1n) is 5.10. The van der Waals surface area contributed by atoms with Gasteiger partial charge >= 0.3 is 6.18 Å². The molecule has 0 saturated heterocycles. The lowest BCUT2D eigenvalue weighted by atomic mass is 10.1. The molecule has 0 spiro atoms. The normalized spacial score (nSPS) is 11.5. The summed E-state index contributed by atoms with van der Waals surface area (Å²) in [6.07, 6.45) is -2.36. The van der Waals surface area contributed by atoms with E-state index in [2.05, 4.69) is 5.10 Å². The van der Waals surface area contributed by atoms with Crippen LogP contribution in [-0.4, -0.2) is 15.7 Å². The molecule has 100 valence electrons. The third-order valence-corrected chi connectivity index (χ3v) is 2.44. The topological polar surface area (TPSA) is 86.9 Å². The number of alkyl halides is 3. The van der Waals surface area contributed by atoms with Crippen molar-refractivity contribution in [3.8, 4) is 5.69 Å². The number of hydrogen-bond donors (Lipinski definition) is 2. The number of rotatable bonds is 2. The predicted molar refractivity (Wildman–Crippen MR) is 61.5 cm³/mol. The van der Waals surface area contributed by atoms with Crippen LogP contribution in [0.4, 0.5) is 18.9 Å². The summed E-state index contributed by atoms with van der Waals surface area (Å²) in [7, 11) is 0. The lowest BCUT2D eigenvalue weighted by Crippen LogP contribution is -2.12. The number of hydrogen-bond acceptors (Lipinski definition) is 3. The van der Waals surface area contributed by atoms with E-state index in [0.717, 1.165) is 23.1 Å². The van der Waals surface area contributed by atoms with E-state index in [9.17, 15) is 18.0 Å². The van der Waals surface area contributed by atoms with Crippen LogP contribution in [0.15, 0.2) is 30.6 Å². The van der Waals surface area contributed by atoms with Crippen LogP contribution < -0.4 is 11.5 Å². The average Bonchev–Trinajstić information content (AvgIpc) is 2.77. The molecule has 19 heavy (non-hydrogen) atoms. The van der Waals surface area contributed by atoms with Crippen molar-refractivity contribution in [2.45, 2.75) is 6.18 Å². The number of nitrogens with zero attached hydrogens (tertiary/aromatic N) is 2. The zero-order chi connectivity index (χ0) is 14.2. The van der Waals surface area contributed by atoms with E-state index < -0.39 is 17.6 Å². The van der Waals surface area contributed by atoms with Crippen molar-refractivity contribution in [3.05, 3.63) is 41.7 Å². The van der Waals surface area contributed by atoms with Gasteiger partial charge in [0.2, 0.25) is 0 Å². The number of primary amides is 1. The van der Waals surface area contributed by atoms with Gasteiger partial charge in [-0.1, -0.05) is 0 Å². The van der Waals surface area contributed by atoms with Gasteiger partial charge in [-0.05, 0) is 18.2 Å². The monoisotopic (exact) mass is 270 g/mol. The van der Waals surface area contributed by atoms with Gasteiger partial charge in [-0.2, -0.15) is 18.3 Å². The first-order chi connectivity index (χ1) is 8.79. The fourth-order valence-electron chi connectivity index (χ4n) is 1.56. The highest BCUT2D eigenvalue weighted by Crippen LogP contribution is 2.34. The van der Waals surface area contributed by atoms with Gasteiger partial charge in [-0.15, -0.1) is 0 Å². The predicted octanol–water partition coefficient (Wildman–Crippen LogP) is 1.57. The van der Waals surface area contributed by atoms with E-state index in [-0.39, 0.29) is 16.9 Å². The molecular weight excluding hydrogens is 261 g/mol. The van der Waals surface area contributed by atoms with E-state index >= 15 is 0 Å². The summed E-state index contributed by atoms with van der Waals surface area (Å²) < 4.78 is 39.6. The van der Waals surface area contributed by atoms with E-state index in [1.807, 2.05) is 0 Å². The number of amides is 1. The number of halogens is 3. The smallest absolute Gasteiger partial charge is 0.399 e. The molecule has 2 rings (SSSR count). The summed E-state index contributed by atoms with van der Waals surface area (Å²) in [5.41, 5.74) is 9.21. The van der Waals surface area contributed by atoms with Gasteiger partial charge in [-0.3, -0.25) is 4.79 Å². The molecule has 5 nitrogen and oxygen atoms in total. The Morgan fingerprint density at radius 2 is 2.00 bits per heavy atom. The molecule has 1 heterocycles. The number of aromatic nitrogens is 2. The molecule has 0 aliphatic carbocycles. The summed E-state index contributed by atoms with van der Waals surface area (Å²) in [4.78, 5) is 10.9. The largest absolute Gasteiger partial charge is 0.418 e. The van der Waals surface area contributed by atoms with Crippen molar-refractivity contribution in [1.29, 1.82) is 0 Å². The van der Waals surface area contributed by atoms with Gasteiger partial charge in [-0.25, -0.2) is 4.68 Å². The van der Waals surface area contributed by atoms with Gasteiger partial charge in [0, 0.05) is 11.9 Å². The van der Waals surface area contributed by atoms with Gasteiger partial charge < -0.3 is 11.5 Å². The summed E-state index contributed by atoms with van der Waals surface area (Å²) in [5, 5.41) is 3.69. The molecule has 0 unspecified atom stereocenters. The van der Waals surface area contributed by atoms with Crippen LogP contribution in [0.3, 0.4) is 0 Å². The fraction of sp³-hybridized carbons (Fsp3) is 0.0909. The van der Waals surface area contributed by atoms with Crippen molar-refractivity contribution in [1.82, 2.24) is 9.78 Å². The zero-order valence-electron chi connectivity index (χ0n) is 9.48. The molecule has 0 radical (unpaired) electrons. The molecular formula is C11H9F3N4O. The molecule has 1 aromatic heterocycles. The second kappa shape index (κ2) is 4.30. The van der Waals surface area contributed by atoms with Crippen molar-refractivity contribution in [2.75, 3.05) is 5.73 Å². The third kappa shape index (κ3) is 2.51. The fourth-order valence-corrected chi connectivity index (χ4v) is 1.56. The van der Waals surface area contributed by atoms with Crippen molar-refractivity contribution in [3.63, 3.8) is 0 Å². The number of anilines is 1. The van der Waals surface area contributed by atoms with Crippen LogP contribution in [0.5, 0.6) is 0 Å². The van der Waals surface area contributed by atoms with Crippen LogP contribution in [0.25, 0.3) is 5.69 Å². The first-order valence-corrected chi connectivity index (χ1v) is 5.10. The second-order valence-electron chi connectivity index (χ2n) is 3.81. The molecule has 0 fully saturated rings. The molecule has 0 bridgehead atoms. The SMILES string of the molecule is NC(=O)c1cnn(-c2ccc(N)cc2C(F)(F)F)c1. The van der Waals surface area contributed by atoms with Crippen LogP contribution in [0.2, 0.25) is 0 Å². The Hall–Kier alpha value is -2.51. The summed E-state index contributed by atoms with van der Waals surface area (Å²) in [5.74, 6) is -0.768. The Balaban J connectivity index is 2.58. The summed E-state index contributed by atoms with van der Waals surface area (Å²) >= 11 is 0. The van der Waals surface area contributed by atoms with E-state index in [1.165, 1.54) is 12.1 Å².